The van der Waals surface area contributed by atoms with Gasteiger partial charge in [-0.2, -0.15) is 18.2 Å². The molecule has 1 aromatic heterocycles. The Labute approximate surface area is 202 Å². The van der Waals surface area contributed by atoms with Crippen molar-refractivity contribution >= 4 is 29.1 Å². The Balaban J connectivity index is 1.49. The van der Waals surface area contributed by atoms with E-state index < -0.39 is 11.9 Å². The zero-order valence-corrected chi connectivity index (χ0v) is 19.9. The molecule has 1 saturated carbocycles. The fraction of sp³-hybridized carbons (Fsp3) is 0.542. The third kappa shape index (κ3) is 5.76. The van der Waals surface area contributed by atoms with Crippen molar-refractivity contribution in [1.29, 1.82) is 0 Å². The van der Waals surface area contributed by atoms with Gasteiger partial charge in [0.25, 0.3) is 0 Å². The van der Waals surface area contributed by atoms with Gasteiger partial charge in [0.05, 0.1) is 0 Å². The lowest BCUT2D eigenvalue weighted by Gasteiger charge is -2.32. The number of piperidine rings is 1. The monoisotopic (exact) mass is 495 g/mol. The standard InChI is InChI=1S/C24H29F4N5S/c1-16-5-4-12-33(14-16)20-13-19(24(26,27)28)30-21(31-20)32-22(34)29-15-23(10-2-3-11-23)17-6-8-18(25)9-7-17/h6-9,13,16H,2-5,10-12,14-15H2,1H3,(H2,29,30,31,32,34)/t16-/m0/s1. The predicted molar refractivity (Wildman–Crippen MR) is 128 cm³/mol. The number of aromatic nitrogens is 2. The first kappa shape index (κ1) is 24.6. The number of halogens is 4. The summed E-state index contributed by atoms with van der Waals surface area (Å²) >= 11 is 5.39. The average molecular weight is 496 g/mol. The number of anilines is 2. The summed E-state index contributed by atoms with van der Waals surface area (Å²) in [5.41, 5.74) is -0.179. The van der Waals surface area contributed by atoms with Crippen LogP contribution in [-0.2, 0) is 11.6 Å². The molecule has 1 aliphatic heterocycles. The lowest BCUT2D eigenvalue weighted by molar-refractivity contribution is -0.141. The Morgan fingerprint density at radius 1 is 1.15 bits per heavy atom. The second-order valence-corrected chi connectivity index (χ2v) is 9.84. The molecular formula is C24H29F4N5S. The average Bonchev–Trinajstić information content (AvgIpc) is 3.27. The maximum atomic E-state index is 13.5. The van der Waals surface area contributed by atoms with Crippen molar-refractivity contribution in [3.05, 3.63) is 47.4 Å². The van der Waals surface area contributed by atoms with Crippen molar-refractivity contribution in [1.82, 2.24) is 15.3 Å². The highest BCUT2D eigenvalue weighted by atomic mass is 32.1. The summed E-state index contributed by atoms with van der Waals surface area (Å²) in [5, 5.41) is 6.06. The Morgan fingerprint density at radius 2 is 1.85 bits per heavy atom. The lowest BCUT2D eigenvalue weighted by atomic mass is 9.79. The van der Waals surface area contributed by atoms with Crippen LogP contribution in [0.25, 0.3) is 0 Å². The highest BCUT2D eigenvalue weighted by Gasteiger charge is 2.36. The smallest absolute Gasteiger partial charge is 0.361 e. The normalized spacial score (nSPS) is 20.3. The van der Waals surface area contributed by atoms with E-state index in [0.29, 0.717) is 25.6 Å². The molecule has 0 amide bonds. The summed E-state index contributed by atoms with van der Waals surface area (Å²) in [6, 6.07) is 7.49. The van der Waals surface area contributed by atoms with E-state index >= 15 is 0 Å². The zero-order valence-electron chi connectivity index (χ0n) is 19.1. The molecule has 2 N–H and O–H groups in total. The Bertz CT molecular complexity index is 1010. The van der Waals surface area contributed by atoms with E-state index in [0.717, 1.165) is 50.2 Å². The minimum Gasteiger partial charge on any atom is -0.361 e. The van der Waals surface area contributed by atoms with E-state index in [9.17, 15) is 17.6 Å². The molecule has 0 spiro atoms. The zero-order chi connectivity index (χ0) is 24.3. The van der Waals surface area contributed by atoms with Crippen molar-refractivity contribution < 1.29 is 17.6 Å². The fourth-order valence-corrected chi connectivity index (χ4v) is 5.18. The minimum atomic E-state index is -4.60. The van der Waals surface area contributed by atoms with Gasteiger partial charge in [-0.25, -0.2) is 9.37 Å². The molecule has 2 fully saturated rings. The first-order valence-corrected chi connectivity index (χ1v) is 12.1. The van der Waals surface area contributed by atoms with Crippen LogP contribution < -0.4 is 15.5 Å². The van der Waals surface area contributed by atoms with Gasteiger partial charge in [-0.1, -0.05) is 31.9 Å². The van der Waals surface area contributed by atoms with Gasteiger partial charge in [0.2, 0.25) is 5.95 Å². The van der Waals surface area contributed by atoms with Gasteiger partial charge in [0.15, 0.2) is 10.8 Å². The number of benzene rings is 1. The van der Waals surface area contributed by atoms with Crippen molar-refractivity contribution in [2.75, 3.05) is 29.9 Å². The molecule has 1 aliphatic carbocycles. The molecule has 1 aromatic carbocycles. The van der Waals surface area contributed by atoms with E-state index in [1.807, 2.05) is 4.90 Å². The Kier molecular flexibility index (Phi) is 7.25. The van der Waals surface area contributed by atoms with Crippen LogP contribution in [0.2, 0.25) is 0 Å². The van der Waals surface area contributed by atoms with Crippen LogP contribution in [0.1, 0.15) is 56.7 Å². The summed E-state index contributed by atoms with van der Waals surface area (Å²) in [5.74, 6) is 0.162. The van der Waals surface area contributed by atoms with E-state index in [1.54, 1.807) is 12.1 Å². The van der Waals surface area contributed by atoms with Crippen molar-refractivity contribution in [2.24, 2.45) is 5.92 Å². The summed E-state index contributed by atoms with van der Waals surface area (Å²) < 4.78 is 54.0. The van der Waals surface area contributed by atoms with Crippen molar-refractivity contribution in [2.45, 2.75) is 57.0 Å². The SMILES string of the molecule is C[C@H]1CCCN(c2cc(C(F)(F)F)nc(NC(=S)NCC3(c4ccc(F)cc4)CCCC3)n2)C1. The highest BCUT2D eigenvalue weighted by molar-refractivity contribution is 7.80. The van der Waals surface area contributed by atoms with Gasteiger partial charge in [-0.3, -0.25) is 0 Å². The molecule has 2 aromatic rings. The van der Waals surface area contributed by atoms with Crippen LogP contribution in [-0.4, -0.2) is 34.7 Å². The highest BCUT2D eigenvalue weighted by Crippen LogP contribution is 2.40. The molecule has 1 atom stereocenters. The minimum absolute atomic E-state index is 0.158. The van der Waals surface area contributed by atoms with E-state index in [2.05, 4.69) is 27.5 Å². The molecule has 0 bridgehead atoms. The predicted octanol–water partition coefficient (Wildman–Crippen LogP) is 5.67. The number of thiocarbonyl (C=S) groups is 1. The molecule has 5 nitrogen and oxygen atoms in total. The first-order valence-electron chi connectivity index (χ1n) is 11.7. The van der Waals surface area contributed by atoms with Gasteiger partial charge in [-0.05, 0) is 61.5 Å². The molecule has 34 heavy (non-hydrogen) atoms. The molecule has 0 radical (unpaired) electrons. The summed E-state index contributed by atoms with van der Waals surface area (Å²) in [7, 11) is 0. The quantitative estimate of drug-likeness (QED) is 0.412. The topological polar surface area (TPSA) is 53.1 Å². The number of nitrogens with zero attached hydrogens (tertiary/aromatic N) is 3. The van der Waals surface area contributed by atoms with Crippen LogP contribution in [0.3, 0.4) is 0 Å². The second-order valence-electron chi connectivity index (χ2n) is 9.43. The number of hydrogen-bond donors (Lipinski definition) is 2. The fourth-order valence-electron chi connectivity index (χ4n) is 5.01. The number of hydrogen-bond acceptors (Lipinski definition) is 4. The first-order chi connectivity index (χ1) is 16.1. The summed E-state index contributed by atoms with van der Waals surface area (Å²) in [4.78, 5) is 9.89. The largest absolute Gasteiger partial charge is 0.433 e. The third-order valence-corrected chi connectivity index (χ3v) is 7.06. The molecule has 184 valence electrons. The number of alkyl halides is 3. The van der Waals surface area contributed by atoms with Crippen LogP contribution in [0.15, 0.2) is 30.3 Å². The number of rotatable bonds is 5. The van der Waals surface area contributed by atoms with Gasteiger partial charge in [0, 0.05) is 31.1 Å². The lowest BCUT2D eigenvalue weighted by Crippen LogP contribution is -2.41. The molecule has 0 unspecified atom stereocenters. The number of nitrogens with one attached hydrogen (secondary N) is 2. The molecule has 2 heterocycles. The van der Waals surface area contributed by atoms with Crippen molar-refractivity contribution in [3.63, 3.8) is 0 Å². The molecule has 2 aliphatic rings. The maximum absolute atomic E-state index is 13.5. The van der Waals surface area contributed by atoms with E-state index in [4.69, 9.17) is 12.2 Å². The van der Waals surface area contributed by atoms with Gasteiger partial charge in [0.1, 0.15) is 11.6 Å². The molecule has 4 rings (SSSR count). The van der Waals surface area contributed by atoms with Gasteiger partial charge < -0.3 is 15.5 Å². The Hall–Kier alpha value is -2.49. The van der Waals surface area contributed by atoms with E-state index in [-0.39, 0.29) is 28.1 Å². The summed E-state index contributed by atoms with van der Waals surface area (Å²) in [6.45, 7) is 3.87. The molecule has 10 heteroatoms. The Morgan fingerprint density at radius 3 is 2.50 bits per heavy atom. The van der Waals surface area contributed by atoms with Crippen LogP contribution in [0.5, 0.6) is 0 Å². The third-order valence-electron chi connectivity index (χ3n) is 6.81. The molecular weight excluding hydrogens is 466 g/mol. The maximum Gasteiger partial charge on any atom is 0.433 e. The second kappa shape index (κ2) is 10.0. The van der Waals surface area contributed by atoms with Gasteiger partial charge >= 0.3 is 6.18 Å². The van der Waals surface area contributed by atoms with E-state index in [1.165, 1.54) is 12.1 Å². The van der Waals surface area contributed by atoms with Crippen molar-refractivity contribution in [3.8, 4) is 0 Å². The van der Waals surface area contributed by atoms with Crippen LogP contribution in [0.4, 0.5) is 29.3 Å². The van der Waals surface area contributed by atoms with Gasteiger partial charge in [-0.15, -0.1) is 0 Å². The summed E-state index contributed by atoms with van der Waals surface area (Å²) in [6.07, 6.45) is 1.29. The van der Waals surface area contributed by atoms with Crippen LogP contribution in [0, 0.1) is 11.7 Å². The van der Waals surface area contributed by atoms with Crippen LogP contribution >= 0.6 is 12.2 Å². The molecule has 1 saturated heterocycles.